The normalized spacial score (nSPS) is 9.94. The molecule has 0 bridgehead atoms. The number of hydrogen-bond donors (Lipinski definition) is 1. The van der Waals surface area contributed by atoms with Crippen molar-refractivity contribution in [3.63, 3.8) is 0 Å². The number of rotatable bonds is 4. The van der Waals surface area contributed by atoms with Gasteiger partial charge in [-0.05, 0) is 6.26 Å². The number of thioether (sulfide) groups is 1. The summed E-state index contributed by atoms with van der Waals surface area (Å²) in [5, 5.41) is 0.779. The quantitative estimate of drug-likeness (QED) is 0.637. The summed E-state index contributed by atoms with van der Waals surface area (Å²) < 4.78 is 0. The molecule has 0 aliphatic heterocycles. The van der Waals surface area contributed by atoms with Gasteiger partial charge in [0.25, 0.3) is 0 Å². The largest absolute Gasteiger partial charge is 0.399 e. The van der Waals surface area contributed by atoms with Crippen LogP contribution in [0.25, 0.3) is 5.70 Å². The number of nitrogens with two attached hydrogens (primary N) is 1. The summed E-state index contributed by atoms with van der Waals surface area (Å²) in [6.45, 7) is 3.73. The SMILES string of the molecule is C=C(N)c1c(SC)ncc(C=O)c1N(C)C. The zero-order valence-corrected chi connectivity index (χ0v) is 10.5. The van der Waals surface area contributed by atoms with Crippen molar-refractivity contribution in [2.75, 3.05) is 25.3 Å². The Hall–Kier alpha value is -1.49. The first-order chi connectivity index (χ1) is 7.52. The highest BCUT2D eigenvalue weighted by atomic mass is 32.2. The Balaban J connectivity index is 3.59. The van der Waals surface area contributed by atoms with Crippen molar-refractivity contribution in [1.29, 1.82) is 0 Å². The van der Waals surface area contributed by atoms with Crippen molar-refractivity contribution in [3.8, 4) is 0 Å². The summed E-state index contributed by atoms with van der Waals surface area (Å²) in [7, 11) is 3.72. The van der Waals surface area contributed by atoms with E-state index in [2.05, 4.69) is 11.6 Å². The second-order valence-corrected chi connectivity index (χ2v) is 4.28. The van der Waals surface area contributed by atoms with Crippen molar-refractivity contribution in [3.05, 3.63) is 23.9 Å². The van der Waals surface area contributed by atoms with Crippen LogP contribution < -0.4 is 10.6 Å². The lowest BCUT2D eigenvalue weighted by atomic mass is 10.1. The number of aldehydes is 1. The zero-order chi connectivity index (χ0) is 12.3. The molecule has 0 atom stereocenters. The maximum absolute atomic E-state index is 11.0. The summed E-state index contributed by atoms with van der Waals surface area (Å²) in [6, 6.07) is 0. The van der Waals surface area contributed by atoms with Gasteiger partial charge in [-0.25, -0.2) is 4.98 Å². The maximum Gasteiger partial charge on any atom is 0.153 e. The lowest BCUT2D eigenvalue weighted by Gasteiger charge is -2.20. The third-order valence-corrected chi connectivity index (χ3v) is 2.83. The second kappa shape index (κ2) is 5.03. The number of carbonyl (C=O) groups excluding carboxylic acids is 1. The summed E-state index contributed by atoms with van der Waals surface area (Å²) in [4.78, 5) is 17.0. The standard InChI is InChI=1S/C11H15N3OS/c1-7(12)9-10(14(2)3)8(6-15)5-13-11(9)16-4/h5-6H,1,12H2,2-4H3. The average Bonchev–Trinajstić information content (AvgIpc) is 2.26. The van der Waals surface area contributed by atoms with E-state index in [0.717, 1.165) is 22.6 Å². The molecule has 1 aromatic heterocycles. The van der Waals surface area contributed by atoms with Crippen molar-refractivity contribution >= 4 is 29.4 Å². The Morgan fingerprint density at radius 1 is 1.62 bits per heavy atom. The molecule has 0 aliphatic rings. The Kier molecular flexibility index (Phi) is 3.95. The molecule has 1 aromatic rings. The molecule has 0 spiro atoms. The van der Waals surface area contributed by atoms with Crippen LogP contribution in [-0.4, -0.2) is 31.6 Å². The first kappa shape index (κ1) is 12.6. The van der Waals surface area contributed by atoms with Crippen LogP contribution >= 0.6 is 11.8 Å². The van der Waals surface area contributed by atoms with Gasteiger partial charge in [0, 0.05) is 26.0 Å². The third-order valence-electron chi connectivity index (χ3n) is 2.13. The highest BCUT2D eigenvalue weighted by Gasteiger charge is 2.16. The smallest absolute Gasteiger partial charge is 0.153 e. The summed E-state index contributed by atoms with van der Waals surface area (Å²) in [6.07, 6.45) is 4.24. The minimum Gasteiger partial charge on any atom is -0.399 e. The highest BCUT2D eigenvalue weighted by molar-refractivity contribution is 7.98. The van der Waals surface area contributed by atoms with E-state index in [1.165, 1.54) is 11.8 Å². The minimum absolute atomic E-state index is 0.421. The number of aromatic nitrogens is 1. The fourth-order valence-electron chi connectivity index (χ4n) is 1.51. The van der Waals surface area contributed by atoms with Gasteiger partial charge in [0.2, 0.25) is 0 Å². The van der Waals surface area contributed by atoms with Crippen molar-refractivity contribution in [2.24, 2.45) is 5.73 Å². The Morgan fingerprint density at radius 2 is 2.25 bits per heavy atom. The van der Waals surface area contributed by atoms with Gasteiger partial charge in [0.15, 0.2) is 6.29 Å². The Morgan fingerprint density at radius 3 is 2.62 bits per heavy atom. The Bertz CT molecular complexity index is 429. The molecule has 5 heteroatoms. The summed E-state index contributed by atoms with van der Waals surface area (Å²) in [5.74, 6) is 0. The zero-order valence-electron chi connectivity index (χ0n) is 9.65. The van der Waals surface area contributed by atoms with Crippen LogP contribution in [0, 0.1) is 0 Å². The first-order valence-electron chi connectivity index (χ1n) is 4.67. The molecule has 16 heavy (non-hydrogen) atoms. The molecule has 0 aliphatic carbocycles. The van der Waals surface area contributed by atoms with Gasteiger partial charge in [-0.2, -0.15) is 0 Å². The maximum atomic E-state index is 11.0. The predicted octanol–water partition coefficient (Wildman–Crippen LogP) is 1.61. The lowest BCUT2D eigenvalue weighted by molar-refractivity contribution is 0.112. The van der Waals surface area contributed by atoms with E-state index in [1.807, 2.05) is 25.3 Å². The van der Waals surface area contributed by atoms with E-state index in [4.69, 9.17) is 5.73 Å². The second-order valence-electron chi connectivity index (χ2n) is 3.48. The molecular formula is C11H15N3OS. The van der Waals surface area contributed by atoms with Gasteiger partial charge in [-0.3, -0.25) is 4.79 Å². The molecule has 0 unspecified atom stereocenters. The van der Waals surface area contributed by atoms with Crippen LogP contribution in [0.4, 0.5) is 5.69 Å². The van der Waals surface area contributed by atoms with Gasteiger partial charge >= 0.3 is 0 Å². The molecule has 0 radical (unpaired) electrons. The van der Waals surface area contributed by atoms with Gasteiger partial charge in [-0.15, -0.1) is 11.8 Å². The number of nitrogens with zero attached hydrogens (tertiary/aromatic N) is 2. The topological polar surface area (TPSA) is 59.2 Å². The molecule has 0 saturated carbocycles. The van der Waals surface area contributed by atoms with Gasteiger partial charge < -0.3 is 10.6 Å². The lowest BCUT2D eigenvalue weighted by Crippen LogP contribution is -2.16. The summed E-state index contributed by atoms with van der Waals surface area (Å²) in [5.41, 5.74) is 8.20. The fourth-order valence-corrected chi connectivity index (χ4v) is 2.10. The number of pyridine rings is 1. The van der Waals surface area contributed by atoms with Crippen LogP contribution in [0.15, 0.2) is 17.8 Å². The van der Waals surface area contributed by atoms with E-state index in [1.54, 1.807) is 6.20 Å². The van der Waals surface area contributed by atoms with Crippen molar-refractivity contribution in [1.82, 2.24) is 4.98 Å². The van der Waals surface area contributed by atoms with Crippen LogP contribution in [0.5, 0.6) is 0 Å². The summed E-state index contributed by atoms with van der Waals surface area (Å²) >= 11 is 1.48. The van der Waals surface area contributed by atoms with Gasteiger partial charge in [-0.1, -0.05) is 6.58 Å². The van der Waals surface area contributed by atoms with Crippen molar-refractivity contribution in [2.45, 2.75) is 5.03 Å². The molecule has 86 valence electrons. The van der Waals surface area contributed by atoms with E-state index in [0.29, 0.717) is 11.3 Å². The molecular weight excluding hydrogens is 222 g/mol. The first-order valence-corrected chi connectivity index (χ1v) is 5.89. The number of anilines is 1. The molecule has 0 fully saturated rings. The van der Waals surface area contributed by atoms with Gasteiger partial charge in [0.1, 0.15) is 5.03 Å². The monoisotopic (exact) mass is 237 g/mol. The molecule has 0 saturated heterocycles. The van der Waals surface area contributed by atoms with E-state index >= 15 is 0 Å². The van der Waals surface area contributed by atoms with Gasteiger partial charge in [0.05, 0.1) is 16.8 Å². The predicted molar refractivity (Wildman–Crippen MR) is 69.0 cm³/mol. The van der Waals surface area contributed by atoms with Crippen LogP contribution in [0.1, 0.15) is 15.9 Å². The molecule has 2 N–H and O–H groups in total. The molecule has 1 heterocycles. The van der Waals surface area contributed by atoms with E-state index in [-0.39, 0.29) is 0 Å². The van der Waals surface area contributed by atoms with Crippen molar-refractivity contribution < 1.29 is 4.79 Å². The fraction of sp³-hybridized carbons (Fsp3) is 0.273. The molecule has 4 nitrogen and oxygen atoms in total. The number of carbonyl (C=O) groups is 1. The van der Waals surface area contributed by atoms with Crippen LogP contribution in [0.2, 0.25) is 0 Å². The third kappa shape index (κ3) is 2.19. The van der Waals surface area contributed by atoms with E-state index in [9.17, 15) is 4.79 Å². The molecule has 0 aromatic carbocycles. The number of hydrogen-bond acceptors (Lipinski definition) is 5. The minimum atomic E-state index is 0.421. The van der Waals surface area contributed by atoms with Crippen LogP contribution in [-0.2, 0) is 0 Å². The highest BCUT2D eigenvalue weighted by Crippen LogP contribution is 2.32. The molecule has 0 amide bonds. The average molecular weight is 237 g/mol. The van der Waals surface area contributed by atoms with E-state index < -0.39 is 0 Å². The Labute approximate surface area is 99.5 Å². The molecule has 1 rings (SSSR count). The van der Waals surface area contributed by atoms with Crippen LogP contribution in [0.3, 0.4) is 0 Å².